The lowest BCUT2D eigenvalue weighted by Crippen LogP contribution is -2.13. The summed E-state index contributed by atoms with van der Waals surface area (Å²) in [5.74, 6) is 0. The minimum Gasteiger partial charge on any atom is -0.255 e. The van der Waals surface area contributed by atoms with Crippen molar-refractivity contribution in [1.82, 2.24) is 0 Å². The molecule has 1 fully saturated rings. The summed E-state index contributed by atoms with van der Waals surface area (Å²) in [5.41, 5.74) is 0.883. The highest BCUT2D eigenvalue weighted by Gasteiger charge is 2.15. The Bertz CT molecular complexity index is 75.5. The van der Waals surface area contributed by atoms with Gasteiger partial charge in [0.15, 0.2) is 0 Å². The van der Waals surface area contributed by atoms with Crippen LogP contribution in [0.3, 0.4) is 0 Å². The SMILES string of the molecule is CF.CF.PC1CCCC(Br)C1. The molecular formula is C8H18BrF2P. The van der Waals surface area contributed by atoms with E-state index in [4.69, 9.17) is 0 Å². The lowest BCUT2D eigenvalue weighted by atomic mass is 10.0. The van der Waals surface area contributed by atoms with Gasteiger partial charge in [0.05, 0.1) is 14.4 Å². The van der Waals surface area contributed by atoms with Crippen LogP contribution < -0.4 is 0 Å². The topological polar surface area (TPSA) is 0 Å². The van der Waals surface area contributed by atoms with Crippen molar-refractivity contribution in [3.05, 3.63) is 0 Å². The molecule has 0 aliphatic heterocycles. The molecule has 0 radical (unpaired) electrons. The van der Waals surface area contributed by atoms with E-state index in [0.29, 0.717) is 14.4 Å². The normalized spacial score (nSPS) is 27.5. The highest BCUT2D eigenvalue weighted by Crippen LogP contribution is 2.28. The van der Waals surface area contributed by atoms with Crippen LogP contribution in [0.1, 0.15) is 25.7 Å². The quantitative estimate of drug-likeness (QED) is 0.461. The number of rotatable bonds is 0. The van der Waals surface area contributed by atoms with Crippen LogP contribution in [-0.4, -0.2) is 24.8 Å². The van der Waals surface area contributed by atoms with Gasteiger partial charge in [-0.3, -0.25) is 8.78 Å². The Labute approximate surface area is 84.8 Å². The molecule has 0 N–H and O–H groups in total. The fraction of sp³-hybridized carbons (Fsp3) is 1.00. The fourth-order valence-electron chi connectivity index (χ4n) is 1.17. The number of hydrogen-bond acceptors (Lipinski definition) is 0. The van der Waals surface area contributed by atoms with Crippen LogP contribution in [0.15, 0.2) is 0 Å². The van der Waals surface area contributed by atoms with Crippen LogP contribution in [0.25, 0.3) is 0 Å². The minimum atomic E-state index is 0.500. The molecule has 3 atom stereocenters. The summed E-state index contributed by atoms with van der Waals surface area (Å²) in [6.07, 6.45) is 5.55. The van der Waals surface area contributed by atoms with Crippen LogP contribution in [0.5, 0.6) is 0 Å². The van der Waals surface area contributed by atoms with Crippen molar-refractivity contribution >= 4 is 25.2 Å². The van der Waals surface area contributed by atoms with Gasteiger partial charge in [0.2, 0.25) is 0 Å². The highest BCUT2D eigenvalue weighted by molar-refractivity contribution is 9.09. The van der Waals surface area contributed by atoms with Crippen molar-refractivity contribution in [2.75, 3.05) is 14.4 Å². The second kappa shape index (κ2) is 11.8. The molecule has 0 bridgehead atoms. The predicted molar refractivity (Wildman–Crippen MR) is 58.7 cm³/mol. The molecule has 0 spiro atoms. The number of hydrogen-bond donors (Lipinski definition) is 0. The first-order valence-corrected chi connectivity index (χ1v) is 5.52. The zero-order valence-corrected chi connectivity index (χ0v) is 10.4. The van der Waals surface area contributed by atoms with Crippen molar-refractivity contribution in [1.29, 1.82) is 0 Å². The van der Waals surface area contributed by atoms with E-state index in [0.717, 1.165) is 10.5 Å². The van der Waals surface area contributed by atoms with Crippen molar-refractivity contribution in [3.8, 4) is 0 Å². The van der Waals surface area contributed by atoms with Gasteiger partial charge in [0.1, 0.15) is 0 Å². The van der Waals surface area contributed by atoms with Gasteiger partial charge in [-0.25, -0.2) is 0 Å². The molecule has 12 heavy (non-hydrogen) atoms. The van der Waals surface area contributed by atoms with Gasteiger partial charge >= 0.3 is 0 Å². The smallest absolute Gasteiger partial charge is 0.0785 e. The Hall–Kier alpha value is 0.770. The Morgan fingerprint density at radius 2 is 1.67 bits per heavy atom. The van der Waals surface area contributed by atoms with Gasteiger partial charge < -0.3 is 0 Å². The van der Waals surface area contributed by atoms with Gasteiger partial charge in [-0.2, -0.15) is 0 Å². The van der Waals surface area contributed by atoms with E-state index in [2.05, 4.69) is 25.2 Å². The summed E-state index contributed by atoms with van der Waals surface area (Å²) in [6.45, 7) is 0. The average Bonchev–Trinajstić information content (AvgIpc) is 2.11. The molecular weight excluding hydrogens is 245 g/mol. The fourth-order valence-corrected chi connectivity index (χ4v) is 2.93. The lowest BCUT2D eigenvalue weighted by Gasteiger charge is -2.21. The lowest BCUT2D eigenvalue weighted by molar-refractivity contribution is 0.533. The Kier molecular flexibility index (Phi) is 15.0. The predicted octanol–water partition coefficient (Wildman–Crippen LogP) is 3.74. The zero-order chi connectivity index (χ0) is 9.98. The molecule has 3 unspecified atom stereocenters. The second-order valence-electron chi connectivity index (χ2n) is 2.52. The number of alkyl halides is 3. The molecule has 0 aromatic carbocycles. The summed E-state index contributed by atoms with van der Waals surface area (Å²) in [7, 11) is 3.90. The molecule has 1 aliphatic rings. The monoisotopic (exact) mass is 262 g/mol. The summed E-state index contributed by atoms with van der Waals surface area (Å²) < 4.78 is 19.0. The minimum absolute atomic E-state index is 0.500. The van der Waals surface area contributed by atoms with Gasteiger partial charge in [-0.15, -0.1) is 9.24 Å². The van der Waals surface area contributed by atoms with E-state index in [1.54, 1.807) is 0 Å². The van der Waals surface area contributed by atoms with Gasteiger partial charge in [-0.05, 0) is 24.9 Å². The molecule has 0 nitrogen and oxygen atoms in total. The summed E-state index contributed by atoms with van der Waals surface area (Å²) in [5, 5.41) is 0. The molecule has 0 heterocycles. The largest absolute Gasteiger partial charge is 0.255 e. The Morgan fingerprint density at radius 1 is 1.17 bits per heavy atom. The molecule has 1 saturated carbocycles. The third kappa shape index (κ3) is 8.86. The van der Waals surface area contributed by atoms with Crippen LogP contribution in [0.4, 0.5) is 8.78 Å². The van der Waals surface area contributed by atoms with Gasteiger partial charge in [-0.1, -0.05) is 22.4 Å². The van der Waals surface area contributed by atoms with Gasteiger partial charge in [0.25, 0.3) is 0 Å². The molecule has 4 heteroatoms. The first-order valence-electron chi connectivity index (χ1n) is 3.94. The molecule has 1 aliphatic carbocycles. The maximum absolute atomic E-state index is 9.50. The van der Waals surface area contributed by atoms with E-state index in [9.17, 15) is 8.78 Å². The average molecular weight is 263 g/mol. The maximum atomic E-state index is 9.50. The van der Waals surface area contributed by atoms with E-state index in [1.165, 1.54) is 25.7 Å². The first kappa shape index (κ1) is 15.3. The van der Waals surface area contributed by atoms with Crippen molar-refractivity contribution in [3.63, 3.8) is 0 Å². The zero-order valence-electron chi connectivity index (χ0n) is 7.69. The Balaban J connectivity index is 0. The third-order valence-electron chi connectivity index (χ3n) is 1.65. The van der Waals surface area contributed by atoms with Crippen molar-refractivity contribution in [2.24, 2.45) is 0 Å². The van der Waals surface area contributed by atoms with Crippen LogP contribution >= 0.6 is 25.2 Å². The molecule has 1 rings (SSSR count). The van der Waals surface area contributed by atoms with Crippen molar-refractivity contribution in [2.45, 2.75) is 36.2 Å². The molecule has 0 aromatic heterocycles. The second-order valence-corrected chi connectivity index (χ2v) is 4.76. The molecule has 76 valence electrons. The molecule has 0 aromatic rings. The highest BCUT2D eigenvalue weighted by atomic mass is 79.9. The Morgan fingerprint density at radius 3 is 1.92 bits per heavy atom. The van der Waals surface area contributed by atoms with Gasteiger partial charge in [0, 0.05) is 4.83 Å². The maximum Gasteiger partial charge on any atom is 0.0785 e. The van der Waals surface area contributed by atoms with E-state index in [-0.39, 0.29) is 0 Å². The molecule has 0 saturated heterocycles. The van der Waals surface area contributed by atoms with Crippen LogP contribution in [0, 0.1) is 0 Å². The summed E-state index contributed by atoms with van der Waals surface area (Å²) >= 11 is 3.62. The van der Waals surface area contributed by atoms with E-state index >= 15 is 0 Å². The summed E-state index contributed by atoms with van der Waals surface area (Å²) in [4.78, 5) is 0.804. The number of halogens is 3. The first-order chi connectivity index (χ1) is 5.79. The van der Waals surface area contributed by atoms with Crippen molar-refractivity contribution < 1.29 is 8.78 Å². The van der Waals surface area contributed by atoms with Crippen LogP contribution in [-0.2, 0) is 0 Å². The summed E-state index contributed by atoms with van der Waals surface area (Å²) in [6, 6.07) is 0. The molecule has 0 amide bonds. The van der Waals surface area contributed by atoms with E-state index in [1.807, 2.05) is 0 Å². The standard InChI is InChI=1S/C6H12BrP.2CH3F/c7-5-2-1-3-6(8)4-5;2*1-2/h5-6H,1-4,8H2;2*1H3. The third-order valence-corrected chi connectivity index (χ3v) is 3.09. The van der Waals surface area contributed by atoms with E-state index < -0.39 is 0 Å². The van der Waals surface area contributed by atoms with Crippen LogP contribution in [0.2, 0.25) is 0 Å².